The minimum absolute atomic E-state index is 0.000343. The predicted octanol–water partition coefficient (Wildman–Crippen LogP) is 4.65. The van der Waals surface area contributed by atoms with Crippen molar-refractivity contribution in [1.82, 2.24) is 4.90 Å². The Morgan fingerprint density at radius 2 is 1.67 bits per heavy atom. The zero-order valence-electron chi connectivity index (χ0n) is 16.9. The highest BCUT2D eigenvalue weighted by Gasteiger charge is 2.22. The Morgan fingerprint density at radius 1 is 1.03 bits per heavy atom. The molecule has 7 nitrogen and oxygen atoms in total. The van der Waals surface area contributed by atoms with Crippen molar-refractivity contribution in [2.75, 3.05) is 12.4 Å². The van der Waals surface area contributed by atoms with Crippen LogP contribution in [-0.4, -0.2) is 34.7 Å². The number of rotatable bonds is 6. The molecule has 0 saturated heterocycles. The number of amides is 2. The van der Waals surface area contributed by atoms with Crippen molar-refractivity contribution in [3.05, 3.63) is 75.8 Å². The number of non-ortho nitro benzene ring substituents is 1. The molecule has 1 aliphatic carbocycles. The van der Waals surface area contributed by atoms with Crippen LogP contribution in [-0.2, 0) is 4.79 Å². The number of hydrogen-bond acceptors (Lipinski definition) is 4. The lowest BCUT2D eigenvalue weighted by Crippen LogP contribution is -2.38. The molecule has 1 aliphatic rings. The van der Waals surface area contributed by atoms with Gasteiger partial charge in [-0.15, -0.1) is 0 Å². The number of carbonyl (C=O) groups excluding carboxylic acids is 2. The molecule has 0 unspecified atom stereocenters. The zero-order valence-corrected chi connectivity index (χ0v) is 16.9. The number of anilines is 1. The van der Waals surface area contributed by atoms with E-state index in [-0.39, 0.29) is 17.5 Å². The van der Waals surface area contributed by atoms with Crippen LogP contribution in [0.25, 0.3) is 6.08 Å². The smallest absolute Gasteiger partial charge is 0.269 e. The molecular formula is C23H25N3O4. The van der Waals surface area contributed by atoms with Gasteiger partial charge >= 0.3 is 0 Å². The van der Waals surface area contributed by atoms with Gasteiger partial charge in [0.1, 0.15) is 0 Å². The molecule has 2 aromatic rings. The van der Waals surface area contributed by atoms with Gasteiger partial charge in [0.15, 0.2) is 0 Å². The Balaban J connectivity index is 1.56. The quantitative estimate of drug-likeness (QED) is 0.428. The third-order valence-electron chi connectivity index (χ3n) is 5.37. The number of hydrogen-bond donors (Lipinski definition) is 1. The summed E-state index contributed by atoms with van der Waals surface area (Å²) < 4.78 is 0. The van der Waals surface area contributed by atoms with E-state index >= 15 is 0 Å². The first-order valence-corrected chi connectivity index (χ1v) is 10.0. The highest BCUT2D eigenvalue weighted by Crippen LogP contribution is 2.23. The molecule has 1 saturated carbocycles. The average molecular weight is 407 g/mol. The van der Waals surface area contributed by atoms with Gasteiger partial charge in [-0.2, -0.15) is 0 Å². The first kappa shape index (κ1) is 21.2. The maximum Gasteiger partial charge on any atom is 0.269 e. The summed E-state index contributed by atoms with van der Waals surface area (Å²) in [4.78, 5) is 36.8. The Morgan fingerprint density at radius 3 is 2.27 bits per heavy atom. The van der Waals surface area contributed by atoms with Gasteiger partial charge in [-0.3, -0.25) is 19.7 Å². The summed E-state index contributed by atoms with van der Waals surface area (Å²) in [6.07, 6.45) is 8.62. The molecule has 0 spiro atoms. The summed E-state index contributed by atoms with van der Waals surface area (Å²) in [7, 11) is 1.86. The molecule has 0 radical (unpaired) electrons. The van der Waals surface area contributed by atoms with E-state index in [2.05, 4.69) is 5.32 Å². The fourth-order valence-electron chi connectivity index (χ4n) is 3.60. The Labute approximate surface area is 175 Å². The van der Waals surface area contributed by atoms with Crippen molar-refractivity contribution >= 4 is 29.3 Å². The number of nitro groups is 1. The van der Waals surface area contributed by atoms with Crippen LogP contribution in [0.2, 0.25) is 0 Å². The van der Waals surface area contributed by atoms with E-state index in [1.165, 1.54) is 37.5 Å². The maximum absolute atomic E-state index is 12.7. The van der Waals surface area contributed by atoms with E-state index in [4.69, 9.17) is 0 Å². The second-order valence-electron chi connectivity index (χ2n) is 7.46. The standard InChI is InChI=1S/C23H25N3O4/c1-25(20-5-3-2-4-6-20)23(28)18-10-12-19(13-11-18)24-22(27)16-9-17-7-14-21(15-8-17)26(29)30/h7-16,20H,2-6H2,1H3,(H,24,27). The maximum atomic E-state index is 12.7. The second kappa shape index (κ2) is 9.82. The van der Waals surface area contributed by atoms with Crippen molar-refractivity contribution in [2.45, 2.75) is 38.1 Å². The molecule has 3 rings (SSSR count). The summed E-state index contributed by atoms with van der Waals surface area (Å²) in [6.45, 7) is 0. The van der Waals surface area contributed by atoms with Crippen molar-refractivity contribution in [3.63, 3.8) is 0 Å². The number of carbonyl (C=O) groups is 2. The molecule has 2 aromatic carbocycles. The van der Waals surface area contributed by atoms with Gasteiger partial charge in [0.05, 0.1) is 4.92 Å². The largest absolute Gasteiger partial charge is 0.339 e. The Hall–Kier alpha value is -3.48. The Bertz CT molecular complexity index is 930. The highest BCUT2D eigenvalue weighted by molar-refractivity contribution is 6.02. The lowest BCUT2D eigenvalue weighted by atomic mass is 9.94. The molecule has 2 amide bonds. The zero-order chi connectivity index (χ0) is 21.5. The van der Waals surface area contributed by atoms with Crippen molar-refractivity contribution in [3.8, 4) is 0 Å². The summed E-state index contributed by atoms with van der Waals surface area (Å²) >= 11 is 0. The number of nitro benzene ring substituents is 1. The molecule has 30 heavy (non-hydrogen) atoms. The monoisotopic (exact) mass is 407 g/mol. The summed E-state index contributed by atoms with van der Waals surface area (Å²) in [5.41, 5.74) is 1.87. The van der Waals surface area contributed by atoms with Gasteiger partial charge in [0, 0.05) is 42.5 Å². The lowest BCUT2D eigenvalue weighted by Gasteiger charge is -2.31. The van der Waals surface area contributed by atoms with Crippen LogP contribution in [0, 0.1) is 10.1 Å². The minimum atomic E-state index is -0.471. The van der Waals surface area contributed by atoms with Gasteiger partial charge in [-0.25, -0.2) is 0 Å². The molecule has 156 valence electrons. The van der Waals surface area contributed by atoms with Gasteiger partial charge in [-0.05, 0) is 60.9 Å². The van der Waals surface area contributed by atoms with Crippen LogP contribution in [0.4, 0.5) is 11.4 Å². The Kier molecular flexibility index (Phi) is 6.95. The van der Waals surface area contributed by atoms with E-state index in [0.29, 0.717) is 22.9 Å². The fraction of sp³-hybridized carbons (Fsp3) is 0.304. The molecule has 1 N–H and O–H groups in total. The molecule has 7 heteroatoms. The third kappa shape index (κ3) is 5.53. The van der Waals surface area contributed by atoms with E-state index in [0.717, 1.165) is 12.8 Å². The first-order chi connectivity index (χ1) is 14.4. The van der Waals surface area contributed by atoms with Gasteiger partial charge in [0.2, 0.25) is 5.91 Å². The molecule has 0 heterocycles. The summed E-state index contributed by atoms with van der Waals surface area (Å²) in [5, 5.41) is 13.4. The topological polar surface area (TPSA) is 92.6 Å². The number of nitrogens with zero attached hydrogens (tertiary/aromatic N) is 2. The normalized spacial score (nSPS) is 14.4. The number of nitrogens with one attached hydrogen (secondary N) is 1. The van der Waals surface area contributed by atoms with E-state index in [1.54, 1.807) is 42.5 Å². The molecule has 0 aliphatic heterocycles. The highest BCUT2D eigenvalue weighted by atomic mass is 16.6. The average Bonchev–Trinajstić information content (AvgIpc) is 2.78. The molecular weight excluding hydrogens is 382 g/mol. The predicted molar refractivity (Wildman–Crippen MR) is 116 cm³/mol. The number of benzene rings is 2. The van der Waals surface area contributed by atoms with Crippen molar-refractivity contribution in [1.29, 1.82) is 0 Å². The van der Waals surface area contributed by atoms with Crippen molar-refractivity contribution in [2.24, 2.45) is 0 Å². The van der Waals surface area contributed by atoms with Crippen LogP contribution in [0.15, 0.2) is 54.6 Å². The first-order valence-electron chi connectivity index (χ1n) is 10.0. The molecule has 0 bridgehead atoms. The van der Waals surface area contributed by atoms with Crippen LogP contribution in [0.5, 0.6) is 0 Å². The van der Waals surface area contributed by atoms with Crippen LogP contribution >= 0.6 is 0 Å². The van der Waals surface area contributed by atoms with E-state index < -0.39 is 4.92 Å². The molecule has 1 fully saturated rings. The van der Waals surface area contributed by atoms with Crippen LogP contribution in [0.1, 0.15) is 48.0 Å². The van der Waals surface area contributed by atoms with E-state index in [1.807, 2.05) is 11.9 Å². The fourth-order valence-corrected chi connectivity index (χ4v) is 3.60. The lowest BCUT2D eigenvalue weighted by molar-refractivity contribution is -0.384. The molecule has 0 atom stereocenters. The van der Waals surface area contributed by atoms with Gasteiger partial charge in [-0.1, -0.05) is 19.3 Å². The van der Waals surface area contributed by atoms with Crippen molar-refractivity contribution < 1.29 is 14.5 Å². The summed E-state index contributed by atoms with van der Waals surface area (Å²) in [5.74, 6) is -0.329. The van der Waals surface area contributed by atoms with Gasteiger partial charge in [0.25, 0.3) is 11.6 Å². The van der Waals surface area contributed by atoms with E-state index in [9.17, 15) is 19.7 Å². The third-order valence-corrected chi connectivity index (χ3v) is 5.37. The van der Waals surface area contributed by atoms with Crippen LogP contribution in [0.3, 0.4) is 0 Å². The van der Waals surface area contributed by atoms with Gasteiger partial charge < -0.3 is 10.2 Å². The minimum Gasteiger partial charge on any atom is -0.339 e. The second-order valence-corrected chi connectivity index (χ2v) is 7.46. The van der Waals surface area contributed by atoms with Crippen LogP contribution < -0.4 is 5.32 Å². The summed E-state index contributed by atoms with van der Waals surface area (Å²) in [6, 6.07) is 13.1. The SMILES string of the molecule is CN(C(=O)c1ccc(NC(=O)C=Cc2ccc([N+](=O)[O-])cc2)cc1)C1CCCCC1. The molecule has 0 aromatic heterocycles.